The summed E-state index contributed by atoms with van der Waals surface area (Å²) in [6, 6.07) is 13.4. The number of carboxylic acids is 1. The van der Waals surface area contributed by atoms with E-state index in [1.807, 2.05) is 0 Å². The van der Waals surface area contributed by atoms with E-state index in [9.17, 15) is 23.9 Å². The van der Waals surface area contributed by atoms with E-state index in [1.54, 1.807) is 30.3 Å². The molecule has 0 saturated heterocycles. The van der Waals surface area contributed by atoms with Crippen LogP contribution in [0, 0.1) is 5.82 Å². The lowest BCUT2D eigenvalue weighted by atomic mass is 10.1. The Morgan fingerprint density at radius 1 is 1.00 bits per heavy atom. The minimum Gasteiger partial charge on any atom is -0.548 e. The van der Waals surface area contributed by atoms with Crippen molar-refractivity contribution in [2.75, 3.05) is 6.54 Å². The van der Waals surface area contributed by atoms with Crippen molar-refractivity contribution in [3.63, 3.8) is 0 Å². The standard InChI is InChI=1S/C18H15FN2O4/c19-14-8-6-12(7-9-14)10-15(18(25)20-11-16(22)23)21-17(24)13-4-2-1-3-5-13/h1-10H,11H2,(H,20,25)(H,21,24)(H,22,23)/p-1/b15-10+. The number of carbonyl (C=O) groups is 3. The topological polar surface area (TPSA) is 98.3 Å². The molecule has 0 aliphatic heterocycles. The molecule has 0 spiro atoms. The van der Waals surface area contributed by atoms with E-state index in [0.717, 1.165) is 0 Å². The van der Waals surface area contributed by atoms with Crippen LogP contribution in [0.3, 0.4) is 0 Å². The monoisotopic (exact) mass is 341 g/mol. The lowest BCUT2D eigenvalue weighted by Gasteiger charge is -2.11. The van der Waals surface area contributed by atoms with Gasteiger partial charge in [-0.05, 0) is 35.9 Å². The maximum Gasteiger partial charge on any atom is 0.268 e. The molecule has 2 amide bonds. The summed E-state index contributed by atoms with van der Waals surface area (Å²) in [6.45, 7) is -0.708. The third-order valence-corrected chi connectivity index (χ3v) is 3.10. The van der Waals surface area contributed by atoms with Crippen molar-refractivity contribution >= 4 is 23.9 Å². The molecule has 2 rings (SSSR count). The van der Waals surface area contributed by atoms with Crippen molar-refractivity contribution in [2.24, 2.45) is 0 Å². The van der Waals surface area contributed by atoms with Gasteiger partial charge in [0.15, 0.2) is 0 Å². The van der Waals surface area contributed by atoms with Gasteiger partial charge in [0.1, 0.15) is 11.5 Å². The lowest BCUT2D eigenvalue weighted by Crippen LogP contribution is -2.41. The number of halogens is 1. The number of hydrogen-bond acceptors (Lipinski definition) is 4. The van der Waals surface area contributed by atoms with Gasteiger partial charge in [-0.15, -0.1) is 0 Å². The first-order valence-corrected chi connectivity index (χ1v) is 7.27. The summed E-state index contributed by atoms with van der Waals surface area (Å²) in [5.74, 6) is -3.27. The van der Waals surface area contributed by atoms with Gasteiger partial charge in [0.2, 0.25) is 0 Å². The molecule has 6 nitrogen and oxygen atoms in total. The third kappa shape index (κ3) is 5.58. The van der Waals surface area contributed by atoms with E-state index in [-0.39, 0.29) is 5.70 Å². The third-order valence-electron chi connectivity index (χ3n) is 3.10. The molecule has 0 aromatic heterocycles. The Morgan fingerprint density at radius 3 is 2.24 bits per heavy atom. The summed E-state index contributed by atoms with van der Waals surface area (Å²) in [5, 5.41) is 15.0. The molecule has 2 N–H and O–H groups in total. The molecule has 0 aliphatic carbocycles. The van der Waals surface area contributed by atoms with E-state index >= 15 is 0 Å². The van der Waals surface area contributed by atoms with Crippen molar-refractivity contribution in [3.8, 4) is 0 Å². The minimum atomic E-state index is -1.47. The molecule has 7 heteroatoms. The number of nitrogens with one attached hydrogen (secondary N) is 2. The summed E-state index contributed by atoms with van der Waals surface area (Å²) >= 11 is 0. The molecule has 0 bridgehead atoms. The molecule has 0 radical (unpaired) electrons. The molecule has 2 aromatic carbocycles. The molecule has 128 valence electrons. The van der Waals surface area contributed by atoms with Crippen molar-refractivity contribution in [1.82, 2.24) is 10.6 Å². The Labute approximate surface area is 143 Å². The molecule has 0 fully saturated rings. The van der Waals surface area contributed by atoms with E-state index < -0.39 is 30.1 Å². The van der Waals surface area contributed by atoms with E-state index in [1.165, 1.54) is 30.3 Å². The van der Waals surface area contributed by atoms with Crippen LogP contribution in [0.5, 0.6) is 0 Å². The van der Waals surface area contributed by atoms with Crippen molar-refractivity contribution in [2.45, 2.75) is 0 Å². The Bertz CT molecular complexity index is 802. The quantitative estimate of drug-likeness (QED) is 0.746. The first-order valence-electron chi connectivity index (χ1n) is 7.27. The first kappa shape index (κ1) is 17.9. The smallest absolute Gasteiger partial charge is 0.268 e. The minimum absolute atomic E-state index is 0.179. The van der Waals surface area contributed by atoms with Crippen LogP contribution in [-0.4, -0.2) is 24.3 Å². The second kappa shape index (κ2) is 8.39. The van der Waals surface area contributed by atoms with Gasteiger partial charge >= 0.3 is 0 Å². The van der Waals surface area contributed by atoms with Crippen LogP contribution >= 0.6 is 0 Å². The largest absolute Gasteiger partial charge is 0.548 e. The SMILES string of the molecule is O=C([O-])CNC(=O)/C(=C\c1ccc(F)cc1)NC(=O)c1ccccc1. The van der Waals surface area contributed by atoms with Crippen LogP contribution in [0.4, 0.5) is 4.39 Å². The second-order valence-electron chi connectivity index (χ2n) is 4.98. The zero-order chi connectivity index (χ0) is 18.2. The zero-order valence-corrected chi connectivity index (χ0v) is 13.0. The van der Waals surface area contributed by atoms with Gasteiger partial charge in [-0.2, -0.15) is 0 Å². The van der Waals surface area contributed by atoms with Gasteiger partial charge in [-0.25, -0.2) is 4.39 Å². The molecule has 0 heterocycles. The van der Waals surface area contributed by atoms with Gasteiger partial charge in [-0.1, -0.05) is 30.3 Å². The second-order valence-corrected chi connectivity index (χ2v) is 4.98. The predicted molar refractivity (Wildman–Crippen MR) is 86.3 cm³/mol. The number of benzene rings is 2. The van der Waals surface area contributed by atoms with E-state index in [4.69, 9.17) is 0 Å². The first-order chi connectivity index (χ1) is 12.0. The highest BCUT2D eigenvalue weighted by Gasteiger charge is 2.14. The van der Waals surface area contributed by atoms with Crippen LogP contribution in [0.2, 0.25) is 0 Å². The number of rotatable bonds is 6. The number of carboxylic acid groups (broad SMARTS) is 1. The van der Waals surface area contributed by atoms with Gasteiger partial charge in [0, 0.05) is 5.56 Å². The fourth-order valence-electron chi connectivity index (χ4n) is 1.92. The van der Waals surface area contributed by atoms with Crippen LogP contribution in [0.25, 0.3) is 6.08 Å². The van der Waals surface area contributed by atoms with Gasteiger partial charge in [0.05, 0.1) is 12.5 Å². The molecule has 0 saturated carbocycles. The molecule has 0 atom stereocenters. The normalized spacial score (nSPS) is 10.8. The highest BCUT2D eigenvalue weighted by atomic mass is 19.1. The lowest BCUT2D eigenvalue weighted by molar-refractivity contribution is -0.303. The molecular weight excluding hydrogens is 327 g/mol. The average Bonchev–Trinajstić information content (AvgIpc) is 2.61. The molecule has 0 unspecified atom stereocenters. The molecule has 25 heavy (non-hydrogen) atoms. The Morgan fingerprint density at radius 2 is 1.64 bits per heavy atom. The van der Waals surface area contributed by atoms with Crippen molar-refractivity contribution in [1.29, 1.82) is 0 Å². The number of aliphatic carboxylic acids is 1. The fraction of sp³-hybridized carbons (Fsp3) is 0.0556. The van der Waals surface area contributed by atoms with Crippen LogP contribution in [0.1, 0.15) is 15.9 Å². The summed E-state index contributed by atoms with van der Waals surface area (Å²) in [5.41, 5.74) is 0.593. The maximum atomic E-state index is 13.0. The number of hydrogen-bond donors (Lipinski definition) is 2. The summed E-state index contributed by atoms with van der Waals surface area (Å²) in [7, 11) is 0. The predicted octanol–water partition coefficient (Wildman–Crippen LogP) is 0.463. The summed E-state index contributed by atoms with van der Waals surface area (Å²) < 4.78 is 13.0. The highest BCUT2D eigenvalue weighted by molar-refractivity contribution is 6.05. The molecule has 2 aromatic rings. The van der Waals surface area contributed by atoms with Crippen LogP contribution < -0.4 is 15.7 Å². The highest BCUT2D eigenvalue weighted by Crippen LogP contribution is 2.08. The number of carbonyl (C=O) groups excluding carboxylic acids is 3. The van der Waals surface area contributed by atoms with Gasteiger partial charge in [-0.3, -0.25) is 9.59 Å². The fourth-order valence-corrected chi connectivity index (χ4v) is 1.92. The summed E-state index contributed by atoms with van der Waals surface area (Å²) in [4.78, 5) is 34.8. The average molecular weight is 341 g/mol. The Kier molecular flexibility index (Phi) is 6.00. The van der Waals surface area contributed by atoms with E-state index in [0.29, 0.717) is 11.1 Å². The van der Waals surface area contributed by atoms with Crippen LogP contribution in [0.15, 0.2) is 60.3 Å². The van der Waals surface area contributed by atoms with Crippen molar-refractivity contribution in [3.05, 3.63) is 77.2 Å². The zero-order valence-electron chi connectivity index (χ0n) is 13.0. The Hall–Kier alpha value is -3.48. The Balaban J connectivity index is 2.24. The maximum absolute atomic E-state index is 13.0. The molecule has 0 aliphatic rings. The van der Waals surface area contributed by atoms with Crippen molar-refractivity contribution < 1.29 is 23.9 Å². The van der Waals surface area contributed by atoms with Gasteiger partial charge in [0.25, 0.3) is 11.8 Å². The molecular formula is C18H14FN2O4-. The van der Waals surface area contributed by atoms with Crippen LogP contribution in [-0.2, 0) is 9.59 Å². The van der Waals surface area contributed by atoms with E-state index in [2.05, 4.69) is 10.6 Å². The van der Waals surface area contributed by atoms with Gasteiger partial charge < -0.3 is 20.5 Å². The number of amides is 2. The summed E-state index contributed by atoms with van der Waals surface area (Å²) in [6.07, 6.45) is 1.31.